The molecule has 34 heavy (non-hydrogen) atoms. The molecule has 3 rings (SSSR count). The average Bonchev–Trinajstić information content (AvgIpc) is 3.19. The lowest BCUT2D eigenvalue weighted by Gasteiger charge is -2.44. The molecule has 7 nitrogen and oxygen atoms in total. The Morgan fingerprint density at radius 1 is 1.24 bits per heavy atom. The van der Waals surface area contributed by atoms with Crippen LogP contribution in [0.3, 0.4) is 0 Å². The highest BCUT2D eigenvalue weighted by Crippen LogP contribution is 2.43. The van der Waals surface area contributed by atoms with E-state index in [1.54, 1.807) is 12.1 Å². The summed E-state index contributed by atoms with van der Waals surface area (Å²) in [5.41, 5.74) is -1.78. The van der Waals surface area contributed by atoms with Gasteiger partial charge in [-0.3, -0.25) is 0 Å². The first-order valence-corrected chi connectivity index (χ1v) is 13.5. The molecular formula is C22H30F3N3O4S2. The summed E-state index contributed by atoms with van der Waals surface area (Å²) < 4.78 is 65.3. The lowest BCUT2D eigenvalue weighted by atomic mass is 9.99. The van der Waals surface area contributed by atoms with E-state index in [2.05, 4.69) is 4.98 Å². The van der Waals surface area contributed by atoms with Crippen molar-refractivity contribution in [1.82, 2.24) is 4.98 Å². The molecule has 1 saturated heterocycles. The van der Waals surface area contributed by atoms with Gasteiger partial charge in [-0.1, -0.05) is 31.3 Å². The topological polar surface area (TPSA) is 94.0 Å². The average molecular weight is 522 g/mol. The first-order valence-electron chi connectivity index (χ1n) is 10.8. The molecule has 190 valence electrons. The summed E-state index contributed by atoms with van der Waals surface area (Å²) in [5, 5.41) is 20.0. The van der Waals surface area contributed by atoms with E-state index in [9.17, 15) is 31.8 Å². The van der Waals surface area contributed by atoms with E-state index in [1.165, 1.54) is 19.9 Å². The molecule has 0 amide bonds. The van der Waals surface area contributed by atoms with Crippen molar-refractivity contribution in [2.24, 2.45) is 5.92 Å². The Kier molecular flexibility index (Phi) is 7.30. The molecule has 0 bridgehead atoms. The van der Waals surface area contributed by atoms with Crippen molar-refractivity contribution in [3.63, 3.8) is 0 Å². The molecule has 12 heteroatoms. The number of hydrogen-bond acceptors (Lipinski definition) is 8. The largest absolute Gasteiger partial charge is 0.434 e. The van der Waals surface area contributed by atoms with Gasteiger partial charge in [0.25, 0.3) is 0 Å². The van der Waals surface area contributed by atoms with E-state index in [0.717, 1.165) is 17.6 Å². The molecule has 1 aliphatic rings. The van der Waals surface area contributed by atoms with Gasteiger partial charge < -0.3 is 20.0 Å². The predicted octanol–water partition coefficient (Wildman–Crippen LogP) is 3.64. The van der Waals surface area contributed by atoms with Gasteiger partial charge in [0.15, 0.2) is 20.7 Å². The number of aliphatic hydroxyl groups excluding tert-OH is 1. The van der Waals surface area contributed by atoms with Gasteiger partial charge in [0, 0.05) is 31.6 Å². The van der Waals surface area contributed by atoms with Crippen LogP contribution in [0.5, 0.6) is 0 Å². The van der Waals surface area contributed by atoms with Crippen LogP contribution in [0, 0.1) is 5.92 Å². The summed E-state index contributed by atoms with van der Waals surface area (Å²) in [5.74, 6) is 0.0534. The number of piperazine rings is 1. The van der Waals surface area contributed by atoms with Gasteiger partial charge in [-0.25, -0.2) is 13.4 Å². The van der Waals surface area contributed by atoms with Crippen LogP contribution in [-0.2, 0) is 28.2 Å². The lowest BCUT2D eigenvalue weighted by Crippen LogP contribution is -2.55. The maximum absolute atomic E-state index is 13.6. The van der Waals surface area contributed by atoms with Crippen molar-refractivity contribution < 1.29 is 31.8 Å². The van der Waals surface area contributed by atoms with Crippen LogP contribution in [0.25, 0.3) is 0 Å². The Balaban J connectivity index is 1.97. The van der Waals surface area contributed by atoms with Crippen molar-refractivity contribution in [3.05, 3.63) is 34.3 Å². The molecular weight excluding hydrogens is 491 g/mol. The molecule has 0 radical (unpaired) electrons. The van der Waals surface area contributed by atoms with Crippen molar-refractivity contribution in [2.75, 3.05) is 35.7 Å². The minimum Gasteiger partial charge on any atom is -0.392 e. The molecule has 1 unspecified atom stereocenters. The normalized spacial score (nSPS) is 18.1. The highest BCUT2D eigenvalue weighted by atomic mass is 32.2. The summed E-state index contributed by atoms with van der Waals surface area (Å²) >= 11 is 0.848. The molecule has 2 aromatic rings. The number of anilines is 2. The number of benzene rings is 1. The smallest absolute Gasteiger partial charge is 0.392 e. The molecule has 1 aromatic carbocycles. The monoisotopic (exact) mass is 521 g/mol. The van der Waals surface area contributed by atoms with Crippen LogP contribution in [0.1, 0.15) is 43.8 Å². The molecule has 2 N–H and O–H groups in total. The quantitative estimate of drug-likeness (QED) is 0.600. The summed E-state index contributed by atoms with van der Waals surface area (Å²) in [6, 6.07) is 4.65. The minimum absolute atomic E-state index is 0.0534. The summed E-state index contributed by atoms with van der Waals surface area (Å²) in [6.45, 7) is 7.40. The van der Waals surface area contributed by atoms with E-state index in [0.29, 0.717) is 30.9 Å². The number of aliphatic hydroxyl groups is 2. The van der Waals surface area contributed by atoms with Crippen molar-refractivity contribution in [1.29, 1.82) is 0 Å². The molecule has 0 aliphatic carbocycles. The first kappa shape index (κ1) is 26.7. The zero-order chi connectivity index (χ0) is 25.6. The Morgan fingerprint density at radius 3 is 2.35 bits per heavy atom. The lowest BCUT2D eigenvalue weighted by molar-refractivity contribution is -0.143. The number of sulfone groups is 1. The number of nitrogens with zero attached hydrogens (tertiary/aromatic N) is 3. The van der Waals surface area contributed by atoms with E-state index in [1.807, 2.05) is 23.6 Å². The molecule has 2 heterocycles. The number of rotatable bonds is 6. The van der Waals surface area contributed by atoms with Crippen LogP contribution >= 0.6 is 11.3 Å². The van der Waals surface area contributed by atoms with Gasteiger partial charge in [0.2, 0.25) is 0 Å². The minimum atomic E-state index is -4.68. The highest BCUT2D eigenvalue weighted by Gasteiger charge is 2.43. The third-order valence-electron chi connectivity index (χ3n) is 5.86. The fourth-order valence-corrected chi connectivity index (χ4v) is 6.22. The van der Waals surface area contributed by atoms with E-state index >= 15 is 0 Å². The predicted molar refractivity (Wildman–Crippen MR) is 126 cm³/mol. The number of hydrogen-bond donors (Lipinski definition) is 2. The van der Waals surface area contributed by atoms with E-state index in [4.69, 9.17) is 0 Å². The number of halogens is 3. The first-order chi connectivity index (χ1) is 15.5. The van der Waals surface area contributed by atoms with Crippen molar-refractivity contribution in [3.8, 4) is 0 Å². The van der Waals surface area contributed by atoms with E-state index < -0.39 is 33.9 Å². The van der Waals surface area contributed by atoms with Gasteiger partial charge in [-0.15, -0.1) is 0 Å². The zero-order valence-electron chi connectivity index (χ0n) is 19.7. The van der Waals surface area contributed by atoms with Gasteiger partial charge >= 0.3 is 6.18 Å². The SMILES string of the molecule is CC(C)C1CN(c2ccc(CO)c(S(C)(=O)=O)c2)CCN1c1nc(C(F)(F)F)c(C(C)(C)O)s1. The number of alkyl halides is 3. The molecule has 0 saturated carbocycles. The second-order valence-corrected chi connectivity index (χ2v) is 12.4. The number of thiazole rings is 1. The van der Waals surface area contributed by atoms with Gasteiger partial charge in [-0.2, -0.15) is 13.2 Å². The molecule has 1 aromatic heterocycles. The van der Waals surface area contributed by atoms with Gasteiger partial charge in [0.05, 0.1) is 28.0 Å². The third-order valence-corrected chi connectivity index (χ3v) is 8.44. The van der Waals surface area contributed by atoms with Crippen molar-refractivity contribution in [2.45, 2.75) is 57.0 Å². The van der Waals surface area contributed by atoms with Crippen LogP contribution in [0.4, 0.5) is 24.0 Å². The molecule has 1 aliphatic heterocycles. The van der Waals surface area contributed by atoms with Gasteiger partial charge in [-0.05, 0) is 37.5 Å². The third kappa shape index (κ3) is 5.50. The van der Waals surface area contributed by atoms with Crippen LogP contribution in [0.2, 0.25) is 0 Å². The maximum atomic E-state index is 13.6. The fourth-order valence-electron chi connectivity index (χ4n) is 4.11. The van der Waals surface area contributed by atoms with E-state index in [-0.39, 0.29) is 26.9 Å². The van der Waals surface area contributed by atoms with Crippen molar-refractivity contribution >= 4 is 32.0 Å². The Bertz CT molecular complexity index is 1110. The zero-order valence-corrected chi connectivity index (χ0v) is 21.4. The fraction of sp³-hybridized carbons (Fsp3) is 0.591. The maximum Gasteiger partial charge on any atom is 0.434 e. The number of aromatic nitrogens is 1. The van der Waals surface area contributed by atoms with Crippen LogP contribution in [0.15, 0.2) is 23.1 Å². The summed E-state index contributed by atoms with van der Waals surface area (Å²) in [4.78, 5) is 7.57. The van der Waals surface area contributed by atoms with Crippen LogP contribution in [-0.4, -0.2) is 55.5 Å². The second-order valence-electron chi connectivity index (χ2n) is 9.40. The second kappa shape index (κ2) is 9.29. The Hall–Kier alpha value is -1.89. The Morgan fingerprint density at radius 2 is 1.88 bits per heavy atom. The molecule has 1 fully saturated rings. The van der Waals surface area contributed by atoms with Crippen LogP contribution < -0.4 is 9.80 Å². The summed E-state index contributed by atoms with van der Waals surface area (Å²) in [6.07, 6.45) is -3.60. The summed E-state index contributed by atoms with van der Waals surface area (Å²) in [7, 11) is -3.56. The molecule has 1 atom stereocenters. The molecule has 0 spiro atoms. The highest BCUT2D eigenvalue weighted by molar-refractivity contribution is 7.90. The standard InChI is InChI=1S/C22H30F3N3O4S2/c1-13(2)16-11-27(15-7-6-14(12-29)17(10-15)34(5,31)32)8-9-28(16)20-26-18(22(23,24)25)19(33-20)21(3,4)30/h6-7,10,13,16,29-30H,8-9,11-12H2,1-5H3. The van der Waals surface area contributed by atoms with Gasteiger partial charge in [0.1, 0.15) is 0 Å². The Labute approximate surface area is 201 Å².